The molecule has 60 valence electrons. The van der Waals surface area contributed by atoms with Crippen LogP contribution >= 0.6 is 0 Å². The predicted octanol–water partition coefficient (Wildman–Crippen LogP) is 1.26. The second-order valence-corrected chi connectivity index (χ2v) is 3.70. The van der Waals surface area contributed by atoms with Crippen molar-refractivity contribution >= 4 is 0 Å². The molecule has 3 fully saturated rings. The van der Waals surface area contributed by atoms with Crippen LogP contribution in [0.2, 0.25) is 0 Å². The molecule has 0 aromatic rings. The maximum Gasteiger partial charge on any atom is 0.107 e. The van der Waals surface area contributed by atoms with Crippen LogP contribution in [0.1, 0.15) is 19.3 Å². The Morgan fingerprint density at radius 1 is 1.09 bits per heavy atom. The molecule has 0 bridgehead atoms. The molecule has 0 aromatic heterocycles. The molecule has 3 aliphatic rings. The second kappa shape index (κ2) is 1.87. The Morgan fingerprint density at radius 3 is 2.18 bits per heavy atom. The van der Waals surface area contributed by atoms with Crippen molar-refractivity contribution < 1.29 is 9.47 Å². The van der Waals surface area contributed by atoms with Gasteiger partial charge in [-0.1, -0.05) is 6.58 Å². The van der Waals surface area contributed by atoms with Crippen LogP contribution in [0.5, 0.6) is 0 Å². The van der Waals surface area contributed by atoms with E-state index in [0.29, 0.717) is 24.4 Å². The minimum absolute atomic E-state index is 0.352. The highest BCUT2D eigenvalue weighted by Gasteiger charge is 2.52. The van der Waals surface area contributed by atoms with Gasteiger partial charge in [-0.2, -0.15) is 0 Å². The van der Waals surface area contributed by atoms with Gasteiger partial charge < -0.3 is 9.47 Å². The minimum Gasteiger partial charge on any atom is -0.365 e. The van der Waals surface area contributed by atoms with E-state index in [1.54, 1.807) is 0 Å². The minimum atomic E-state index is 0.352. The summed E-state index contributed by atoms with van der Waals surface area (Å²) in [7, 11) is 0. The van der Waals surface area contributed by atoms with Crippen molar-refractivity contribution in [3.63, 3.8) is 0 Å². The predicted molar refractivity (Wildman–Crippen MR) is 40.3 cm³/mol. The van der Waals surface area contributed by atoms with Crippen LogP contribution in [0.15, 0.2) is 12.2 Å². The van der Waals surface area contributed by atoms with Crippen molar-refractivity contribution in [2.45, 2.75) is 43.7 Å². The van der Waals surface area contributed by atoms with E-state index in [-0.39, 0.29) is 0 Å². The van der Waals surface area contributed by atoms with Crippen LogP contribution in [0.25, 0.3) is 0 Å². The van der Waals surface area contributed by atoms with E-state index in [4.69, 9.17) is 9.47 Å². The van der Waals surface area contributed by atoms with E-state index in [1.807, 2.05) is 0 Å². The molecule has 0 radical (unpaired) electrons. The van der Waals surface area contributed by atoms with Gasteiger partial charge in [0.2, 0.25) is 0 Å². The van der Waals surface area contributed by atoms with E-state index in [0.717, 1.165) is 0 Å². The van der Waals surface area contributed by atoms with Gasteiger partial charge in [0.25, 0.3) is 0 Å². The molecule has 1 saturated carbocycles. The lowest BCUT2D eigenvalue weighted by Crippen LogP contribution is -2.09. The van der Waals surface area contributed by atoms with E-state index in [9.17, 15) is 0 Å². The molecule has 0 aromatic carbocycles. The third-order valence-corrected chi connectivity index (χ3v) is 2.87. The first kappa shape index (κ1) is 6.21. The highest BCUT2D eigenvalue weighted by atomic mass is 16.6. The first-order chi connectivity index (χ1) is 5.36. The van der Waals surface area contributed by atoms with E-state index in [2.05, 4.69) is 6.58 Å². The fraction of sp³-hybridized carbons (Fsp3) is 0.778. The molecule has 2 aliphatic heterocycles. The maximum absolute atomic E-state index is 5.47. The zero-order valence-electron chi connectivity index (χ0n) is 6.45. The molecule has 2 saturated heterocycles. The lowest BCUT2D eigenvalue weighted by atomic mass is 9.98. The second-order valence-electron chi connectivity index (χ2n) is 3.70. The summed E-state index contributed by atoms with van der Waals surface area (Å²) in [4.78, 5) is 0. The zero-order valence-corrected chi connectivity index (χ0v) is 6.45. The Labute approximate surface area is 66.2 Å². The standard InChI is InChI=1S/C9H12O2/c1-5-8-6(10-8)3-2-4-7-9(5)11-7/h6-9H,1-4H2/t6-,7+,8+,9-. The van der Waals surface area contributed by atoms with Crippen LogP contribution < -0.4 is 0 Å². The molecule has 0 unspecified atom stereocenters. The molecule has 11 heavy (non-hydrogen) atoms. The number of ether oxygens (including phenoxy) is 2. The first-order valence-corrected chi connectivity index (χ1v) is 4.36. The molecule has 4 atom stereocenters. The molecule has 2 heteroatoms. The number of rotatable bonds is 0. The molecule has 0 amide bonds. The van der Waals surface area contributed by atoms with Crippen LogP contribution in [-0.2, 0) is 9.47 Å². The lowest BCUT2D eigenvalue weighted by Gasteiger charge is -2.00. The van der Waals surface area contributed by atoms with E-state index < -0.39 is 0 Å². The smallest absolute Gasteiger partial charge is 0.107 e. The fourth-order valence-corrected chi connectivity index (χ4v) is 2.06. The van der Waals surface area contributed by atoms with Gasteiger partial charge in [0.15, 0.2) is 0 Å². The topological polar surface area (TPSA) is 25.1 Å². The Kier molecular flexibility index (Phi) is 1.06. The van der Waals surface area contributed by atoms with Crippen LogP contribution in [0.4, 0.5) is 0 Å². The summed E-state index contributed by atoms with van der Waals surface area (Å²) in [6.07, 6.45) is 5.36. The molecule has 0 N–H and O–H groups in total. The van der Waals surface area contributed by atoms with Gasteiger partial charge in [0.1, 0.15) is 12.2 Å². The molecular formula is C9H12O2. The largest absolute Gasteiger partial charge is 0.365 e. The van der Waals surface area contributed by atoms with Crippen molar-refractivity contribution in [2.75, 3.05) is 0 Å². The summed E-state index contributed by atoms with van der Waals surface area (Å²) in [6, 6.07) is 0. The summed E-state index contributed by atoms with van der Waals surface area (Å²) < 4.78 is 10.9. The molecule has 0 spiro atoms. The number of epoxide rings is 2. The van der Waals surface area contributed by atoms with Gasteiger partial charge in [-0.05, 0) is 24.8 Å². The highest BCUT2D eigenvalue weighted by Crippen LogP contribution is 2.44. The normalized spacial score (nSPS) is 53.6. The van der Waals surface area contributed by atoms with Gasteiger partial charge in [-0.15, -0.1) is 0 Å². The van der Waals surface area contributed by atoms with Crippen molar-refractivity contribution in [2.24, 2.45) is 0 Å². The van der Waals surface area contributed by atoms with Crippen molar-refractivity contribution in [1.29, 1.82) is 0 Å². The van der Waals surface area contributed by atoms with Gasteiger partial charge >= 0.3 is 0 Å². The fourth-order valence-electron chi connectivity index (χ4n) is 2.06. The maximum atomic E-state index is 5.47. The summed E-state index contributed by atoms with van der Waals surface area (Å²) >= 11 is 0. The highest BCUT2D eigenvalue weighted by molar-refractivity contribution is 5.24. The Hall–Kier alpha value is -0.340. The number of hydrogen-bond acceptors (Lipinski definition) is 2. The average Bonchev–Trinajstić information content (AvgIpc) is 2.80. The summed E-state index contributed by atoms with van der Waals surface area (Å²) in [6.45, 7) is 4.01. The molecule has 1 aliphatic carbocycles. The van der Waals surface area contributed by atoms with E-state index >= 15 is 0 Å². The van der Waals surface area contributed by atoms with Gasteiger partial charge in [0, 0.05) is 0 Å². The lowest BCUT2D eigenvalue weighted by molar-refractivity contribution is 0.334. The first-order valence-electron chi connectivity index (χ1n) is 4.36. The summed E-state index contributed by atoms with van der Waals surface area (Å²) in [5.74, 6) is 0. The Bertz CT molecular complexity index is 192. The average molecular weight is 152 g/mol. The van der Waals surface area contributed by atoms with Crippen molar-refractivity contribution in [1.82, 2.24) is 0 Å². The quantitative estimate of drug-likeness (QED) is 0.385. The summed E-state index contributed by atoms with van der Waals surface area (Å²) in [5, 5.41) is 0. The zero-order chi connectivity index (χ0) is 7.42. The van der Waals surface area contributed by atoms with Crippen LogP contribution in [0, 0.1) is 0 Å². The van der Waals surface area contributed by atoms with E-state index in [1.165, 1.54) is 24.8 Å². The van der Waals surface area contributed by atoms with Gasteiger partial charge in [0.05, 0.1) is 12.2 Å². The Morgan fingerprint density at radius 2 is 1.64 bits per heavy atom. The third-order valence-electron chi connectivity index (χ3n) is 2.87. The monoisotopic (exact) mass is 152 g/mol. The number of fused-ring (bicyclic) bond motifs is 2. The third kappa shape index (κ3) is 0.861. The number of hydrogen-bond donors (Lipinski definition) is 0. The van der Waals surface area contributed by atoms with Crippen molar-refractivity contribution in [3.8, 4) is 0 Å². The van der Waals surface area contributed by atoms with Crippen LogP contribution in [-0.4, -0.2) is 24.4 Å². The molecule has 2 heterocycles. The Balaban J connectivity index is 1.79. The molecule has 2 nitrogen and oxygen atoms in total. The molecule has 3 rings (SSSR count). The van der Waals surface area contributed by atoms with Crippen molar-refractivity contribution in [3.05, 3.63) is 12.2 Å². The molecular weight excluding hydrogens is 140 g/mol. The van der Waals surface area contributed by atoms with Crippen LogP contribution in [0.3, 0.4) is 0 Å². The van der Waals surface area contributed by atoms with Gasteiger partial charge in [-0.25, -0.2) is 0 Å². The van der Waals surface area contributed by atoms with Gasteiger partial charge in [-0.3, -0.25) is 0 Å². The summed E-state index contributed by atoms with van der Waals surface area (Å²) in [5.41, 5.74) is 1.19. The SMILES string of the molecule is C=C1[C@H]2O[C@H]2CCC[C@H]2O[C@@H]12.